The molecule has 0 aliphatic heterocycles. The second-order valence-corrected chi connectivity index (χ2v) is 8.40. The van der Waals surface area contributed by atoms with Crippen molar-refractivity contribution >= 4 is 16.8 Å². The summed E-state index contributed by atoms with van der Waals surface area (Å²) < 4.78 is 33.4. The van der Waals surface area contributed by atoms with Gasteiger partial charge in [0.15, 0.2) is 41.1 Å². The number of hydrogen-bond donors (Lipinski definition) is 0. The van der Waals surface area contributed by atoms with Gasteiger partial charge in [-0.25, -0.2) is 0 Å². The predicted molar refractivity (Wildman–Crippen MR) is 140 cm³/mol. The summed E-state index contributed by atoms with van der Waals surface area (Å²) >= 11 is 0. The van der Waals surface area contributed by atoms with E-state index < -0.39 is 6.61 Å². The van der Waals surface area contributed by atoms with E-state index in [0.29, 0.717) is 45.1 Å². The molecule has 0 atom stereocenters. The van der Waals surface area contributed by atoms with E-state index in [0.717, 1.165) is 11.1 Å². The summed E-state index contributed by atoms with van der Waals surface area (Å²) in [4.78, 5) is 26.7. The van der Waals surface area contributed by atoms with Crippen LogP contribution in [0, 0.1) is 13.8 Å². The Morgan fingerprint density at radius 1 is 0.784 bits per heavy atom. The summed E-state index contributed by atoms with van der Waals surface area (Å²) in [6.07, 6.45) is 0. The number of aryl methyl sites for hydroxylation is 2. The van der Waals surface area contributed by atoms with Gasteiger partial charge in [-0.3, -0.25) is 9.59 Å². The Kier molecular flexibility index (Phi) is 7.38. The number of ketones is 1. The lowest BCUT2D eigenvalue weighted by Gasteiger charge is -2.15. The Morgan fingerprint density at radius 3 is 2.05 bits per heavy atom. The monoisotopic (exact) mass is 504 g/mol. The molecule has 37 heavy (non-hydrogen) atoms. The highest BCUT2D eigenvalue weighted by Gasteiger charge is 2.22. The average molecular weight is 505 g/mol. The molecule has 0 bridgehead atoms. The van der Waals surface area contributed by atoms with Gasteiger partial charge in [0.1, 0.15) is 5.58 Å². The van der Waals surface area contributed by atoms with E-state index in [1.165, 1.54) is 28.4 Å². The van der Waals surface area contributed by atoms with Crippen LogP contribution in [0.25, 0.3) is 22.3 Å². The van der Waals surface area contributed by atoms with Crippen molar-refractivity contribution in [3.05, 3.63) is 75.4 Å². The van der Waals surface area contributed by atoms with Crippen LogP contribution in [0.15, 0.2) is 57.7 Å². The van der Waals surface area contributed by atoms with E-state index in [9.17, 15) is 9.59 Å². The van der Waals surface area contributed by atoms with Crippen molar-refractivity contribution in [2.45, 2.75) is 13.8 Å². The van der Waals surface area contributed by atoms with Crippen LogP contribution in [0.5, 0.6) is 28.7 Å². The first-order valence-electron chi connectivity index (χ1n) is 11.5. The molecule has 0 spiro atoms. The minimum absolute atomic E-state index is 0.0690. The number of fused-ring (bicyclic) bond motifs is 1. The molecule has 0 fully saturated rings. The fraction of sp³-hybridized carbons (Fsp3) is 0.241. The molecule has 0 N–H and O–H groups in total. The van der Waals surface area contributed by atoms with E-state index in [4.69, 9.17) is 28.1 Å². The molecule has 192 valence electrons. The van der Waals surface area contributed by atoms with Crippen molar-refractivity contribution in [2.24, 2.45) is 0 Å². The summed E-state index contributed by atoms with van der Waals surface area (Å²) in [5.41, 5.74) is 2.63. The molecule has 1 aromatic heterocycles. The maximum absolute atomic E-state index is 13.7. The molecule has 0 aliphatic carbocycles. The zero-order valence-corrected chi connectivity index (χ0v) is 21.6. The van der Waals surface area contributed by atoms with Crippen molar-refractivity contribution in [1.29, 1.82) is 0 Å². The molecule has 4 rings (SSSR count). The number of benzene rings is 3. The van der Waals surface area contributed by atoms with Crippen molar-refractivity contribution in [3.63, 3.8) is 0 Å². The molecular formula is C29H28O8. The molecule has 0 saturated heterocycles. The number of Topliss-reactive ketones (excluding diaryl/α,β-unsaturated/α-hetero) is 1. The lowest BCUT2D eigenvalue weighted by molar-refractivity contribution is 0.0920. The van der Waals surface area contributed by atoms with Gasteiger partial charge < -0.3 is 28.1 Å². The van der Waals surface area contributed by atoms with Gasteiger partial charge in [-0.2, -0.15) is 0 Å². The molecule has 0 saturated carbocycles. The smallest absolute Gasteiger partial charge is 0.235 e. The Labute approximate surface area is 214 Å². The Bertz CT molecular complexity index is 1530. The van der Waals surface area contributed by atoms with E-state index >= 15 is 0 Å². The molecule has 0 aliphatic rings. The number of hydrogen-bond acceptors (Lipinski definition) is 8. The van der Waals surface area contributed by atoms with Gasteiger partial charge in [0.25, 0.3) is 0 Å². The summed E-state index contributed by atoms with van der Waals surface area (Å²) in [6, 6.07) is 13.6. The van der Waals surface area contributed by atoms with Gasteiger partial charge in [-0.15, -0.1) is 0 Å². The van der Waals surface area contributed by atoms with Crippen LogP contribution in [0.1, 0.15) is 21.5 Å². The third-order valence-electron chi connectivity index (χ3n) is 5.99. The van der Waals surface area contributed by atoms with E-state index in [2.05, 4.69) is 0 Å². The molecule has 0 amide bonds. The maximum Gasteiger partial charge on any atom is 0.235 e. The lowest BCUT2D eigenvalue weighted by Crippen LogP contribution is -2.17. The van der Waals surface area contributed by atoms with Gasteiger partial charge in [-0.1, -0.05) is 6.07 Å². The first kappa shape index (κ1) is 25.6. The van der Waals surface area contributed by atoms with Crippen molar-refractivity contribution in [3.8, 4) is 40.1 Å². The molecule has 0 unspecified atom stereocenters. The van der Waals surface area contributed by atoms with E-state index in [1.807, 2.05) is 19.9 Å². The largest absolute Gasteiger partial charge is 0.493 e. The third-order valence-corrected chi connectivity index (χ3v) is 5.99. The number of rotatable bonds is 9. The Morgan fingerprint density at radius 2 is 1.41 bits per heavy atom. The normalized spacial score (nSPS) is 10.8. The van der Waals surface area contributed by atoms with Crippen LogP contribution in [0.3, 0.4) is 0 Å². The first-order chi connectivity index (χ1) is 17.8. The molecule has 0 radical (unpaired) electrons. The first-order valence-corrected chi connectivity index (χ1v) is 11.5. The predicted octanol–water partition coefficient (Wildman–Crippen LogP) is 5.37. The average Bonchev–Trinajstić information content (AvgIpc) is 2.90. The second kappa shape index (κ2) is 10.7. The zero-order valence-electron chi connectivity index (χ0n) is 21.6. The molecule has 1 heterocycles. The second-order valence-electron chi connectivity index (χ2n) is 8.40. The van der Waals surface area contributed by atoms with Crippen LogP contribution in [0.4, 0.5) is 0 Å². The number of methoxy groups -OCH3 is 4. The van der Waals surface area contributed by atoms with Gasteiger partial charge in [0, 0.05) is 11.1 Å². The zero-order chi connectivity index (χ0) is 26.7. The topological polar surface area (TPSA) is 93.4 Å². The molecular weight excluding hydrogens is 476 g/mol. The number of ether oxygens (including phenoxy) is 5. The minimum Gasteiger partial charge on any atom is -0.493 e. The van der Waals surface area contributed by atoms with Gasteiger partial charge in [-0.05, 0) is 67.4 Å². The summed E-state index contributed by atoms with van der Waals surface area (Å²) in [7, 11) is 6.06. The van der Waals surface area contributed by atoms with Crippen molar-refractivity contribution in [2.75, 3.05) is 35.0 Å². The van der Waals surface area contributed by atoms with Crippen molar-refractivity contribution in [1.82, 2.24) is 0 Å². The molecule has 3 aromatic carbocycles. The Hall–Kier alpha value is -4.46. The maximum atomic E-state index is 13.7. The number of carbonyl (C=O) groups excluding carboxylic acids is 1. The highest BCUT2D eigenvalue weighted by molar-refractivity contribution is 5.98. The minimum atomic E-state index is -0.392. The van der Waals surface area contributed by atoms with Crippen LogP contribution >= 0.6 is 0 Å². The highest BCUT2D eigenvalue weighted by Crippen LogP contribution is 2.37. The van der Waals surface area contributed by atoms with Crippen LogP contribution < -0.4 is 29.1 Å². The van der Waals surface area contributed by atoms with Crippen LogP contribution in [-0.2, 0) is 0 Å². The lowest BCUT2D eigenvalue weighted by atomic mass is 10.0. The van der Waals surface area contributed by atoms with Gasteiger partial charge >= 0.3 is 0 Å². The van der Waals surface area contributed by atoms with Crippen molar-refractivity contribution < 1.29 is 32.9 Å². The third kappa shape index (κ3) is 4.95. The summed E-state index contributed by atoms with van der Waals surface area (Å²) in [5, 5.41) is 0.392. The Balaban J connectivity index is 1.81. The summed E-state index contributed by atoms with van der Waals surface area (Å²) in [5.74, 6) is 1.65. The standard InChI is InChI=1S/C29H28O8/c1-16-11-17(2)26-25(12-16)37-28(19-8-10-22(33-4)24(14-19)35-6)29(27(26)31)36-15-20(30)18-7-9-21(32-3)23(13-18)34-5/h7-14H,15H2,1-6H3. The van der Waals surface area contributed by atoms with Crippen LogP contribution in [-0.4, -0.2) is 40.8 Å². The molecule has 8 heteroatoms. The van der Waals surface area contributed by atoms with E-state index in [1.54, 1.807) is 42.5 Å². The van der Waals surface area contributed by atoms with E-state index in [-0.39, 0.29) is 22.7 Å². The SMILES string of the molecule is COc1ccc(C(=O)COc2c(-c3ccc(OC)c(OC)c3)oc3cc(C)cc(C)c3c2=O)cc1OC. The van der Waals surface area contributed by atoms with Crippen LogP contribution in [0.2, 0.25) is 0 Å². The molecule has 4 aromatic rings. The van der Waals surface area contributed by atoms with Gasteiger partial charge in [0.2, 0.25) is 11.2 Å². The summed E-state index contributed by atoms with van der Waals surface area (Å²) in [6.45, 7) is 3.37. The highest BCUT2D eigenvalue weighted by atomic mass is 16.5. The number of carbonyl (C=O) groups is 1. The molecule has 8 nitrogen and oxygen atoms in total. The fourth-order valence-corrected chi connectivity index (χ4v) is 4.20. The fourth-order valence-electron chi connectivity index (χ4n) is 4.20. The van der Waals surface area contributed by atoms with Gasteiger partial charge in [0.05, 0.1) is 33.8 Å². The quantitative estimate of drug-likeness (QED) is 0.281.